The van der Waals surface area contributed by atoms with Crippen LogP contribution in [0.1, 0.15) is 47.0 Å². The van der Waals surface area contributed by atoms with Crippen molar-refractivity contribution in [3.05, 3.63) is 0 Å². The zero-order valence-electron chi connectivity index (χ0n) is 9.59. The van der Waals surface area contributed by atoms with Crippen LogP contribution in [0.3, 0.4) is 0 Å². The van der Waals surface area contributed by atoms with E-state index < -0.39 is 5.60 Å². The number of carbonyl (C=O) groups is 1. The van der Waals surface area contributed by atoms with Crippen LogP contribution in [0.25, 0.3) is 0 Å². The lowest BCUT2D eigenvalue weighted by atomic mass is 10.1. The zero-order chi connectivity index (χ0) is 10.8. The lowest BCUT2D eigenvalue weighted by Crippen LogP contribution is -2.37. The number of carbonyl (C=O) groups excluding carboxylic acids is 1. The van der Waals surface area contributed by atoms with Crippen LogP contribution >= 0.6 is 0 Å². The molecule has 0 aromatic carbocycles. The summed E-state index contributed by atoms with van der Waals surface area (Å²) in [4.78, 5) is 11.3. The smallest absolute Gasteiger partial charge is 0.407 e. The van der Waals surface area contributed by atoms with E-state index in [1.165, 1.54) is 12.8 Å². The molecular weight excluding hydrogens is 178 g/mol. The van der Waals surface area contributed by atoms with Crippen molar-refractivity contribution in [3.63, 3.8) is 0 Å². The molecule has 0 aromatic rings. The fourth-order valence-corrected chi connectivity index (χ4v) is 1.42. The van der Waals surface area contributed by atoms with Gasteiger partial charge in [0.15, 0.2) is 0 Å². The molecule has 1 amide bonds. The molecule has 3 heteroatoms. The topological polar surface area (TPSA) is 38.3 Å². The van der Waals surface area contributed by atoms with E-state index in [9.17, 15) is 4.79 Å². The molecule has 1 atom stereocenters. The van der Waals surface area contributed by atoms with E-state index in [-0.39, 0.29) is 12.1 Å². The molecule has 0 spiro atoms. The molecule has 1 fully saturated rings. The predicted molar refractivity (Wildman–Crippen MR) is 56.2 cm³/mol. The van der Waals surface area contributed by atoms with Gasteiger partial charge in [-0.2, -0.15) is 0 Å². The van der Waals surface area contributed by atoms with Gasteiger partial charge >= 0.3 is 6.09 Å². The highest BCUT2D eigenvalue weighted by Gasteiger charge is 2.25. The van der Waals surface area contributed by atoms with Crippen LogP contribution in [-0.2, 0) is 4.74 Å². The maximum absolute atomic E-state index is 11.3. The van der Waals surface area contributed by atoms with Gasteiger partial charge < -0.3 is 10.1 Å². The molecule has 3 nitrogen and oxygen atoms in total. The van der Waals surface area contributed by atoms with Crippen LogP contribution in [0.15, 0.2) is 0 Å². The zero-order valence-corrected chi connectivity index (χ0v) is 9.59. The largest absolute Gasteiger partial charge is 0.444 e. The number of hydrogen-bond donors (Lipinski definition) is 1. The summed E-state index contributed by atoms with van der Waals surface area (Å²) in [5.41, 5.74) is -0.399. The second-order valence-corrected chi connectivity index (χ2v) is 5.23. The average Bonchev–Trinajstić information content (AvgIpc) is 2.64. The van der Waals surface area contributed by atoms with Crippen LogP contribution in [0.4, 0.5) is 4.79 Å². The highest BCUT2D eigenvalue weighted by atomic mass is 16.6. The van der Waals surface area contributed by atoms with Crippen LogP contribution < -0.4 is 5.32 Å². The first-order valence-electron chi connectivity index (χ1n) is 5.36. The summed E-state index contributed by atoms with van der Waals surface area (Å²) in [6.07, 6.45) is 3.42. The van der Waals surface area contributed by atoms with Gasteiger partial charge in [0.05, 0.1) is 0 Å². The van der Waals surface area contributed by atoms with Crippen molar-refractivity contribution in [1.82, 2.24) is 5.32 Å². The van der Waals surface area contributed by atoms with Crippen molar-refractivity contribution in [2.45, 2.75) is 58.6 Å². The molecule has 0 heterocycles. The molecule has 1 aliphatic rings. The second-order valence-electron chi connectivity index (χ2n) is 5.23. The third-order valence-corrected chi connectivity index (χ3v) is 2.15. The molecule has 0 saturated heterocycles. The minimum atomic E-state index is -0.399. The maximum Gasteiger partial charge on any atom is 0.407 e. The first-order valence-corrected chi connectivity index (χ1v) is 5.36. The van der Waals surface area contributed by atoms with E-state index in [4.69, 9.17) is 4.74 Å². The number of rotatable bonds is 3. The Morgan fingerprint density at radius 3 is 2.50 bits per heavy atom. The number of hydrogen-bond acceptors (Lipinski definition) is 2. The Bertz CT molecular complexity index is 204. The van der Waals surface area contributed by atoms with Crippen molar-refractivity contribution in [3.8, 4) is 0 Å². The number of nitrogens with one attached hydrogen (secondary N) is 1. The summed E-state index contributed by atoms with van der Waals surface area (Å²) in [5, 5.41) is 2.85. The molecule has 0 unspecified atom stereocenters. The van der Waals surface area contributed by atoms with Crippen LogP contribution in [0.5, 0.6) is 0 Å². The minimum Gasteiger partial charge on any atom is -0.444 e. The Morgan fingerprint density at radius 1 is 1.50 bits per heavy atom. The Hall–Kier alpha value is -0.730. The molecular formula is C11H21NO2. The SMILES string of the molecule is C[C@@H](CC1CC1)NC(=O)OC(C)(C)C. The lowest BCUT2D eigenvalue weighted by molar-refractivity contribution is 0.0505. The maximum atomic E-state index is 11.3. The first-order chi connectivity index (χ1) is 6.37. The predicted octanol–water partition coefficient (Wildman–Crippen LogP) is 2.70. The van der Waals surface area contributed by atoms with Gasteiger partial charge in [-0.25, -0.2) is 4.79 Å². The fourth-order valence-electron chi connectivity index (χ4n) is 1.42. The normalized spacial score (nSPS) is 18.9. The van der Waals surface area contributed by atoms with Gasteiger partial charge in [-0.15, -0.1) is 0 Å². The molecule has 0 bridgehead atoms. The summed E-state index contributed by atoms with van der Waals surface area (Å²) in [7, 11) is 0. The van der Waals surface area contributed by atoms with Gasteiger partial charge in [-0.3, -0.25) is 0 Å². The highest BCUT2D eigenvalue weighted by molar-refractivity contribution is 5.68. The van der Waals surface area contributed by atoms with Crippen molar-refractivity contribution < 1.29 is 9.53 Å². The monoisotopic (exact) mass is 199 g/mol. The Labute approximate surface area is 86.2 Å². The first kappa shape index (κ1) is 11.3. The van der Waals surface area contributed by atoms with Gasteiger partial charge in [-0.05, 0) is 40.0 Å². The molecule has 1 saturated carbocycles. The quantitative estimate of drug-likeness (QED) is 0.759. The summed E-state index contributed by atoms with van der Waals surface area (Å²) < 4.78 is 5.16. The third kappa shape index (κ3) is 5.10. The van der Waals surface area contributed by atoms with E-state index in [0.29, 0.717) is 0 Å². The van der Waals surface area contributed by atoms with Gasteiger partial charge in [0, 0.05) is 6.04 Å². The molecule has 0 radical (unpaired) electrons. The summed E-state index contributed by atoms with van der Waals surface area (Å²) in [5.74, 6) is 0.833. The molecule has 14 heavy (non-hydrogen) atoms. The van der Waals surface area contributed by atoms with Crippen LogP contribution in [0.2, 0.25) is 0 Å². The number of ether oxygens (including phenoxy) is 1. The van der Waals surface area contributed by atoms with Crippen molar-refractivity contribution in [1.29, 1.82) is 0 Å². The molecule has 1 aliphatic carbocycles. The van der Waals surface area contributed by atoms with E-state index in [1.807, 2.05) is 27.7 Å². The lowest BCUT2D eigenvalue weighted by Gasteiger charge is -2.21. The Kier molecular flexibility index (Phi) is 3.40. The summed E-state index contributed by atoms with van der Waals surface area (Å²) in [6.45, 7) is 7.65. The third-order valence-electron chi connectivity index (χ3n) is 2.15. The molecule has 1 rings (SSSR count). The van der Waals surface area contributed by atoms with Crippen molar-refractivity contribution in [2.24, 2.45) is 5.92 Å². The van der Waals surface area contributed by atoms with Gasteiger partial charge in [-0.1, -0.05) is 12.8 Å². The van der Waals surface area contributed by atoms with Crippen molar-refractivity contribution >= 4 is 6.09 Å². The van der Waals surface area contributed by atoms with E-state index in [2.05, 4.69) is 5.32 Å². The Morgan fingerprint density at radius 2 is 2.07 bits per heavy atom. The van der Waals surface area contributed by atoms with Crippen LogP contribution in [-0.4, -0.2) is 17.7 Å². The summed E-state index contributed by atoms with van der Waals surface area (Å²) in [6, 6.07) is 0.234. The van der Waals surface area contributed by atoms with E-state index >= 15 is 0 Å². The van der Waals surface area contributed by atoms with Crippen molar-refractivity contribution in [2.75, 3.05) is 0 Å². The standard InChI is InChI=1S/C11H21NO2/c1-8(7-9-5-6-9)12-10(13)14-11(2,3)4/h8-9H,5-7H2,1-4H3,(H,12,13)/t8-/m0/s1. The van der Waals surface area contributed by atoms with Crippen LogP contribution in [0, 0.1) is 5.92 Å². The van der Waals surface area contributed by atoms with E-state index in [1.54, 1.807) is 0 Å². The highest BCUT2D eigenvalue weighted by Crippen LogP contribution is 2.33. The van der Waals surface area contributed by atoms with Gasteiger partial charge in [0.1, 0.15) is 5.60 Å². The Balaban J connectivity index is 2.18. The second kappa shape index (κ2) is 4.20. The fraction of sp³-hybridized carbons (Fsp3) is 0.909. The van der Waals surface area contributed by atoms with Gasteiger partial charge in [0.2, 0.25) is 0 Å². The number of amides is 1. The molecule has 0 aromatic heterocycles. The summed E-state index contributed by atoms with van der Waals surface area (Å²) >= 11 is 0. The molecule has 1 N–H and O–H groups in total. The minimum absolute atomic E-state index is 0.234. The average molecular weight is 199 g/mol. The van der Waals surface area contributed by atoms with E-state index in [0.717, 1.165) is 12.3 Å². The molecule has 82 valence electrons. The van der Waals surface area contributed by atoms with Gasteiger partial charge in [0.25, 0.3) is 0 Å². The number of alkyl carbamates (subject to hydrolysis) is 1. The molecule has 0 aliphatic heterocycles.